The van der Waals surface area contributed by atoms with Gasteiger partial charge < -0.3 is 30.3 Å². The van der Waals surface area contributed by atoms with E-state index in [2.05, 4.69) is 25.6 Å². The minimum absolute atomic E-state index is 0.0321. The molecule has 5 heterocycles. The number of hydrogen-bond acceptors (Lipinski definition) is 10. The van der Waals surface area contributed by atoms with Crippen molar-refractivity contribution in [3.63, 3.8) is 0 Å². The number of pyridine rings is 3. The topological polar surface area (TPSA) is 139 Å². The van der Waals surface area contributed by atoms with E-state index in [0.29, 0.717) is 30.4 Å². The Hall–Kier alpha value is -3.09. The molecule has 3 aromatic heterocycles. The van der Waals surface area contributed by atoms with E-state index in [0.717, 1.165) is 40.0 Å². The number of rotatable bonds is 9. The molecule has 0 spiro atoms. The third kappa shape index (κ3) is 6.30. The molecule has 1 saturated heterocycles. The first-order chi connectivity index (χ1) is 18.5. The van der Waals surface area contributed by atoms with Crippen LogP contribution in [0.3, 0.4) is 0 Å². The van der Waals surface area contributed by atoms with Gasteiger partial charge in [0.15, 0.2) is 0 Å². The van der Waals surface area contributed by atoms with Gasteiger partial charge in [-0.05, 0) is 37.1 Å². The van der Waals surface area contributed by atoms with Gasteiger partial charge in [0.2, 0.25) is 11.8 Å². The van der Waals surface area contributed by atoms with E-state index in [4.69, 9.17) is 9.47 Å². The van der Waals surface area contributed by atoms with Gasteiger partial charge in [-0.25, -0.2) is 9.97 Å². The molecule has 200 valence electrons. The number of fused-ring (bicyclic) bond motifs is 2. The number of nitrogens with zero attached hydrogens (tertiary/aromatic N) is 3. The molecule has 0 aromatic carbocycles. The number of carbonyl (C=O) groups excluding carboxylic acids is 1. The number of thioether (sulfide) groups is 1. The van der Waals surface area contributed by atoms with E-state index < -0.39 is 6.10 Å². The van der Waals surface area contributed by atoms with Gasteiger partial charge in [0, 0.05) is 36.8 Å². The number of ether oxygens (including phenoxy) is 2. The number of aromatic nitrogens is 3. The number of anilines is 1. The second-order valence-corrected chi connectivity index (χ2v) is 10.3. The fourth-order valence-corrected chi connectivity index (χ4v) is 5.44. The van der Waals surface area contributed by atoms with Crippen molar-refractivity contribution in [2.75, 3.05) is 24.8 Å². The molecule has 5 rings (SSSR count). The Morgan fingerprint density at radius 3 is 3.00 bits per heavy atom. The Bertz CT molecular complexity index is 1320. The van der Waals surface area contributed by atoms with E-state index in [-0.39, 0.29) is 30.8 Å². The first kappa shape index (κ1) is 26.5. The largest absolute Gasteiger partial charge is 0.481 e. The highest BCUT2D eigenvalue weighted by atomic mass is 32.2. The fourth-order valence-electron chi connectivity index (χ4n) is 4.68. The van der Waals surface area contributed by atoms with Crippen LogP contribution < -0.4 is 15.4 Å². The van der Waals surface area contributed by atoms with Crippen molar-refractivity contribution in [2.24, 2.45) is 0 Å². The van der Waals surface area contributed by atoms with Crippen LogP contribution in [0.4, 0.5) is 5.82 Å². The van der Waals surface area contributed by atoms with Gasteiger partial charge in [-0.1, -0.05) is 12.2 Å². The van der Waals surface area contributed by atoms with Crippen LogP contribution in [-0.4, -0.2) is 74.9 Å². The second-order valence-electron chi connectivity index (χ2n) is 9.32. The van der Waals surface area contributed by atoms with Crippen molar-refractivity contribution in [2.45, 2.75) is 55.1 Å². The molecule has 3 aromatic rings. The molecule has 2 aliphatic heterocycles. The summed E-state index contributed by atoms with van der Waals surface area (Å²) in [5, 5.41) is 26.0. The van der Waals surface area contributed by atoms with Gasteiger partial charge in [-0.2, -0.15) is 0 Å². The summed E-state index contributed by atoms with van der Waals surface area (Å²) in [6, 6.07) is 9.45. The Labute approximate surface area is 224 Å². The van der Waals surface area contributed by atoms with E-state index >= 15 is 0 Å². The summed E-state index contributed by atoms with van der Waals surface area (Å²) in [7, 11) is 1.58. The summed E-state index contributed by atoms with van der Waals surface area (Å²) in [4.78, 5) is 26.2. The molecule has 0 radical (unpaired) electrons. The predicted molar refractivity (Wildman–Crippen MR) is 145 cm³/mol. The van der Waals surface area contributed by atoms with Gasteiger partial charge in [-0.15, -0.1) is 11.8 Å². The second kappa shape index (κ2) is 12.2. The number of methoxy groups -OCH3 is 1. The lowest BCUT2D eigenvalue weighted by Crippen LogP contribution is -2.48. The number of hydrogen-bond donors (Lipinski definition) is 4. The maximum absolute atomic E-state index is 11.7. The van der Waals surface area contributed by atoms with Crippen LogP contribution >= 0.6 is 11.8 Å². The van der Waals surface area contributed by atoms with Crippen molar-refractivity contribution < 1.29 is 24.5 Å². The molecule has 1 amide bonds. The molecule has 10 nitrogen and oxygen atoms in total. The summed E-state index contributed by atoms with van der Waals surface area (Å²) in [5.74, 6) is 1.47. The third-order valence-electron chi connectivity index (χ3n) is 6.64. The number of aliphatic hydroxyl groups excluding tert-OH is 2. The SMILES string of the molecule is COc1ccc2nccc(/C=C/[C@@H]3CC[C@@H](NCc4ccc5c(n4)NC(=O)CS5)[C@@H](C[C@H](O)CO)O3)c2n1. The van der Waals surface area contributed by atoms with E-state index in [9.17, 15) is 15.0 Å². The van der Waals surface area contributed by atoms with E-state index in [1.165, 1.54) is 11.8 Å². The van der Waals surface area contributed by atoms with Crippen molar-refractivity contribution in [1.29, 1.82) is 0 Å². The molecule has 11 heteroatoms. The van der Waals surface area contributed by atoms with Crippen molar-refractivity contribution in [3.05, 3.63) is 53.9 Å². The smallest absolute Gasteiger partial charge is 0.235 e. The summed E-state index contributed by atoms with van der Waals surface area (Å²) in [6.07, 6.45) is 6.31. The maximum atomic E-state index is 11.7. The van der Waals surface area contributed by atoms with Crippen LogP contribution in [0.2, 0.25) is 0 Å². The number of nitrogens with one attached hydrogen (secondary N) is 2. The standard InChI is InChI=1S/C27H31N5O5S/c1-36-25-9-7-21-26(32-25)16(10-11-28-21)2-4-19-5-6-20(22(37-19)12-18(34)14-33)29-13-17-3-8-23-27(30-17)31-24(35)15-38-23/h2-4,7-11,18-20,22,29,33-34H,5-6,12-15H2,1H3,(H,30,31,35)/b4-2+/t18-,19+,20+,22+/m0/s1. The Morgan fingerprint density at radius 2 is 2.16 bits per heavy atom. The lowest BCUT2D eigenvalue weighted by atomic mass is 9.94. The van der Waals surface area contributed by atoms with Gasteiger partial charge in [0.1, 0.15) is 5.82 Å². The monoisotopic (exact) mass is 537 g/mol. The number of aliphatic hydroxyl groups is 2. The maximum Gasteiger partial charge on any atom is 0.235 e. The Kier molecular flexibility index (Phi) is 8.50. The zero-order valence-electron chi connectivity index (χ0n) is 21.0. The number of carbonyl (C=O) groups is 1. The molecular weight excluding hydrogens is 506 g/mol. The highest BCUT2D eigenvalue weighted by Crippen LogP contribution is 2.30. The highest BCUT2D eigenvalue weighted by molar-refractivity contribution is 8.00. The van der Waals surface area contributed by atoms with Crippen molar-refractivity contribution >= 4 is 40.6 Å². The molecule has 0 saturated carbocycles. The fraction of sp³-hybridized carbons (Fsp3) is 0.407. The number of amides is 1. The minimum Gasteiger partial charge on any atom is -0.481 e. The summed E-state index contributed by atoms with van der Waals surface area (Å²) >= 11 is 1.48. The Balaban J connectivity index is 1.26. The minimum atomic E-state index is -0.873. The summed E-state index contributed by atoms with van der Waals surface area (Å²) in [6.45, 7) is 0.165. The lowest BCUT2D eigenvalue weighted by molar-refractivity contribution is -0.113. The van der Waals surface area contributed by atoms with Crippen molar-refractivity contribution in [1.82, 2.24) is 20.3 Å². The van der Waals surface area contributed by atoms with E-state index in [1.807, 2.05) is 36.4 Å². The van der Waals surface area contributed by atoms with Crippen LogP contribution in [-0.2, 0) is 16.1 Å². The summed E-state index contributed by atoms with van der Waals surface area (Å²) < 4.78 is 11.7. The van der Waals surface area contributed by atoms with Crippen LogP contribution in [0.25, 0.3) is 17.1 Å². The summed E-state index contributed by atoms with van der Waals surface area (Å²) in [5.41, 5.74) is 3.24. The molecule has 0 aliphatic carbocycles. The molecule has 1 fully saturated rings. The van der Waals surface area contributed by atoms with E-state index in [1.54, 1.807) is 19.4 Å². The molecule has 0 unspecified atom stereocenters. The average Bonchev–Trinajstić information content (AvgIpc) is 2.94. The predicted octanol–water partition coefficient (Wildman–Crippen LogP) is 2.54. The van der Waals surface area contributed by atoms with Gasteiger partial charge >= 0.3 is 0 Å². The first-order valence-electron chi connectivity index (χ1n) is 12.6. The van der Waals surface area contributed by atoms with Crippen molar-refractivity contribution in [3.8, 4) is 5.88 Å². The zero-order valence-corrected chi connectivity index (χ0v) is 21.9. The van der Waals surface area contributed by atoms with Crippen LogP contribution in [0.1, 0.15) is 30.5 Å². The molecular formula is C27H31N5O5S. The van der Waals surface area contributed by atoms with Crippen LogP contribution in [0, 0.1) is 0 Å². The molecule has 38 heavy (non-hydrogen) atoms. The highest BCUT2D eigenvalue weighted by Gasteiger charge is 2.31. The quantitative estimate of drug-likeness (QED) is 0.322. The average molecular weight is 538 g/mol. The van der Waals surface area contributed by atoms with Crippen LogP contribution in [0.15, 0.2) is 47.5 Å². The third-order valence-corrected chi connectivity index (χ3v) is 7.69. The van der Waals surface area contributed by atoms with Gasteiger partial charge in [-0.3, -0.25) is 9.78 Å². The van der Waals surface area contributed by atoms with Gasteiger partial charge in [0.05, 0.1) is 59.4 Å². The first-order valence-corrected chi connectivity index (χ1v) is 13.6. The molecule has 0 bridgehead atoms. The molecule has 4 N–H and O–H groups in total. The van der Waals surface area contributed by atoms with Crippen LogP contribution in [0.5, 0.6) is 5.88 Å². The molecule has 4 atom stereocenters. The zero-order chi connectivity index (χ0) is 26.5. The normalized spacial score (nSPS) is 22.3. The van der Waals surface area contributed by atoms with Gasteiger partial charge in [0.25, 0.3) is 0 Å². The molecule has 2 aliphatic rings. The lowest BCUT2D eigenvalue weighted by Gasteiger charge is -2.37. The Morgan fingerprint density at radius 1 is 1.26 bits per heavy atom.